The van der Waals surface area contributed by atoms with Crippen LogP contribution in [0, 0.1) is 17.6 Å². The summed E-state index contributed by atoms with van der Waals surface area (Å²) in [4.78, 5) is 46.0. The number of ketones is 1. The molecule has 2 amide bonds. The highest BCUT2D eigenvalue weighted by Crippen LogP contribution is 2.55. The Morgan fingerprint density at radius 1 is 0.857 bits per heavy atom. The van der Waals surface area contributed by atoms with Gasteiger partial charge in [-0.3, -0.25) is 19.3 Å². The molecule has 0 aliphatic carbocycles. The van der Waals surface area contributed by atoms with E-state index in [0.717, 1.165) is 30.6 Å². The van der Waals surface area contributed by atoms with Gasteiger partial charge in [-0.05, 0) is 79.4 Å². The lowest BCUT2D eigenvalue weighted by Crippen LogP contribution is -2.56. The summed E-state index contributed by atoms with van der Waals surface area (Å²) in [5.41, 5.74) is 2.51. The molecular formula is C34H29F2N3O3. The van der Waals surface area contributed by atoms with E-state index in [9.17, 15) is 23.2 Å². The highest BCUT2D eigenvalue weighted by atomic mass is 19.1. The molecule has 0 radical (unpaired) electrons. The molecule has 3 saturated heterocycles. The van der Waals surface area contributed by atoms with Crippen LogP contribution in [-0.2, 0) is 19.9 Å². The fourth-order valence-corrected chi connectivity index (χ4v) is 7.30. The van der Waals surface area contributed by atoms with E-state index in [1.807, 2.05) is 24.3 Å². The van der Waals surface area contributed by atoms with Crippen LogP contribution in [0.5, 0.6) is 0 Å². The van der Waals surface area contributed by atoms with E-state index < -0.39 is 11.5 Å². The largest absolute Gasteiger partial charge is 0.333 e. The van der Waals surface area contributed by atoms with Crippen LogP contribution in [0.4, 0.5) is 14.5 Å². The number of hydrogen-bond donors (Lipinski definition) is 1. The molecule has 3 aromatic rings. The summed E-state index contributed by atoms with van der Waals surface area (Å²) >= 11 is 0. The number of rotatable bonds is 3. The molecule has 4 aliphatic rings. The molecule has 3 fully saturated rings. The number of Topliss-reactive ketones (excluding diaryl/α,β-unsaturated/α-hetero) is 1. The molecule has 0 saturated carbocycles. The van der Waals surface area contributed by atoms with Gasteiger partial charge >= 0.3 is 0 Å². The second-order valence-corrected chi connectivity index (χ2v) is 11.5. The number of nitrogens with one attached hydrogen (secondary N) is 1. The van der Waals surface area contributed by atoms with E-state index in [-0.39, 0.29) is 48.4 Å². The Balaban J connectivity index is 1.29. The summed E-state index contributed by atoms with van der Waals surface area (Å²) in [5.74, 6) is -1.98. The van der Waals surface area contributed by atoms with Crippen molar-refractivity contribution in [2.75, 3.05) is 25.0 Å². The highest BCUT2D eigenvalue weighted by molar-refractivity contribution is 6.16. The number of fused-ring (bicyclic) bond motifs is 4. The Kier molecular flexibility index (Phi) is 6.39. The lowest BCUT2D eigenvalue weighted by atomic mass is 9.77. The molecule has 8 heteroatoms. The smallest absolute Gasteiger partial charge is 0.250 e. The Labute approximate surface area is 242 Å². The number of likely N-dealkylation sites (tertiary alicyclic amines) is 1. The molecule has 42 heavy (non-hydrogen) atoms. The summed E-state index contributed by atoms with van der Waals surface area (Å²) in [5, 5.41) is 3.04. The number of hydrogen-bond acceptors (Lipinski definition) is 4. The van der Waals surface area contributed by atoms with Gasteiger partial charge in [-0.15, -0.1) is 0 Å². The molecule has 1 N–H and O–H groups in total. The molecule has 7 rings (SSSR count). The first-order chi connectivity index (χ1) is 20.3. The standard InChI is InChI=1S/C34H29F2N3O3/c35-25-11-7-21(8-12-25)16-23-19-38(20-24(31(23)40)17-22-9-13-26(36)14-10-22)32(41)29-18-27-4-3-15-39(27)34(29)28-5-1-2-6-30(28)37-33(34)42/h1-2,5-14,16-17,27,29H,3-4,15,18-20H2,(H,37,42)/b23-16+,24-17+/t27-,29-,34+/m1/s1. The van der Waals surface area contributed by atoms with Gasteiger partial charge in [-0.1, -0.05) is 42.5 Å². The number of nitrogens with zero attached hydrogens (tertiary/aromatic N) is 2. The molecule has 4 aliphatic heterocycles. The number of halogens is 2. The Morgan fingerprint density at radius 3 is 2.07 bits per heavy atom. The molecule has 0 aromatic heterocycles. The lowest BCUT2D eigenvalue weighted by Gasteiger charge is -2.39. The zero-order chi connectivity index (χ0) is 29.0. The van der Waals surface area contributed by atoms with Gasteiger partial charge in [-0.2, -0.15) is 0 Å². The summed E-state index contributed by atoms with van der Waals surface area (Å²) in [6.45, 7) is 0.868. The first kappa shape index (κ1) is 26.5. The number of amides is 2. The third kappa shape index (κ3) is 4.20. The maximum Gasteiger partial charge on any atom is 0.250 e. The molecule has 0 bridgehead atoms. The second-order valence-electron chi connectivity index (χ2n) is 11.5. The van der Waals surface area contributed by atoms with Gasteiger partial charge in [0.1, 0.15) is 17.2 Å². The fourth-order valence-electron chi connectivity index (χ4n) is 7.30. The van der Waals surface area contributed by atoms with Crippen molar-refractivity contribution in [2.45, 2.75) is 30.8 Å². The minimum Gasteiger partial charge on any atom is -0.333 e. The quantitative estimate of drug-likeness (QED) is 0.445. The van der Waals surface area contributed by atoms with E-state index in [1.54, 1.807) is 41.3 Å². The first-order valence-corrected chi connectivity index (χ1v) is 14.3. The van der Waals surface area contributed by atoms with Gasteiger partial charge in [0.25, 0.3) is 0 Å². The zero-order valence-electron chi connectivity index (χ0n) is 22.9. The lowest BCUT2D eigenvalue weighted by molar-refractivity contribution is -0.144. The molecule has 0 unspecified atom stereocenters. The van der Waals surface area contributed by atoms with Crippen LogP contribution in [-0.4, -0.2) is 53.1 Å². The summed E-state index contributed by atoms with van der Waals surface area (Å²) in [6.07, 6.45) is 5.81. The SMILES string of the molecule is O=C1/C(=C/c2ccc(F)cc2)CN(C(=O)[C@H]2C[C@H]3CCCN3[C@]23C(=O)Nc2ccccc23)C/C1=C\c1ccc(F)cc1. The third-order valence-electron chi connectivity index (χ3n) is 9.11. The topological polar surface area (TPSA) is 69.7 Å². The number of carbonyl (C=O) groups excluding carboxylic acids is 3. The summed E-state index contributed by atoms with van der Waals surface area (Å²) in [7, 11) is 0. The average molecular weight is 566 g/mol. The third-order valence-corrected chi connectivity index (χ3v) is 9.11. The number of para-hydroxylation sites is 1. The van der Waals surface area contributed by atoms with E-state index in [1.165, 1.54) is 24.3 Å². The van der Waals surface area contributed by atoms with E-state index in [0.29, 0.717) is 28.7 Å². The van der Waals surface area contributed by atoms with Crippen molar-refractivity contribution in [3.05, 3.63) is 112 Å². The van der Waals surface area contributed by atoms with E-state index in [4.69, 9.17) is 0 Å². The zero-order valence-corrected chi connectivity index (χ0v) is 22.9. The van der Waals surface area contributed by atoms with Gasteiger partial charge in [-0.25, -0.2) is 8.78 Å². The minimum atomic E-state index is -1.10. The van der Waals surface area contributed by atoms with Crippen LogP contribution in [0.2, 0.25) is 0 Å². The van der Waals surface area contributed by atoms with Crippen LogP contribution in [0.1, 0.15) is 36.0 Å². The van der Waals surface area contributed by atoms with Crippen molar-refractivity contribution in [3.63, 3.8) is 0 Å². The van der Waals surface area contributed by atoms with Gasteiger partial charge < -0.3 is 10.2 Å². The van der Waals surface area contributed by atoms with Gasteiger partial charge in [0.15, 0.2) is 5.78 Å². The van der Waals surface area contributed by atoms with Crippen LogP contribution >= 0.6 is 0 Å². The van der Waals surface area contributed by atoms with E-state index in [2.05, 4.69) is 10.2 Å². The predicted octanol–water partition coefficient (Wildman–Crippen LogP) is 5.18. The second kappa shape index (κ2) is 10.1. The van der Waals surface area contributed by atoms with E-state index >= 15 is 0 Å². The molecule has 4 heterocycles. The fraction of sp³-hybridized carbons (Fsp3) is 0.265. The number of anilines is 1. The maximum atomic E-state index is 14.6. The van der Waals surface area contributed by atoms with Gasteiger partial charge in [0.2, 0.25) is 11.8 Å². The first-order valence-electron chi connectivity index (χ1n) is 14.3. The van der Waals surface area contributed by atoms with Crippen molar-refractivity contribution in [2.24, 2.45) is 5.92 Å². The van der Waals surface area contributed by atoms with Crippen LogP contribution in [0.15, 0.2) is 83.9 Å². The van der Waals surface area contributed by atoms with Crippen LogP contribution < -0.4 is 5.32 Å². The summed E-state index contributed by atoms with van der Waals surface area (Å²) < 4.78 is 27.2. The monoisotopic (exact) mass is 565 g/mol. The predicted molar refractivity (Wildman–Crippen MR) is 155 cm³/mol. The molecule has 212 valence electrons. The maximum absolute atomic E-state index is 14.6. The van der Waals surface area contributed by atoms with Crippen molar-refractivity contribution in [1.82, 2.24) is 9.80 Å². The van der Waals surface area contributed by atoms with Crippen molar-refractivity contribution >= 4 is 35.4 Å². The molecular weight excluding hydrogens is 536 g/mol. The molecule has 6 nitrogen and oxygen atoms in total. The number of carbonyl (C=O) groups is 3. The van der Waals surface area contributed by atoms with Crippen LogP contribution in [0.3, 0.4) is 0 Å². The molecule has 1 spiro atoms. The Bertz CT molecular complexity index is 1600. The molecule has 3 aromatic carbocycles. The average Bonchev–Trinajstić information content (AvgIpc) is 3.66. The Morgan fingerprint density at radius 2 is 1.45 bits per heavy atom. The molecule has 3 atom stereocenters. The van der Waals surface area contributed by atoms with Crippen molar-refractivity contribution in [3.8, 4) is 0 Å². The summed E-state index contributed by atoms with van der Waals surface area (Å²) in [6, 6.07) is 19.3. The highest BCUT2D eigenvalue weighted by Gasteiger charge is 2.66. The Hall–Kier alpha value is -4.43. The number of benzene rings is 3. The van der Waals surface area contributed by atoms with Gasteiger partial charge in [0, 0.05) is 41.5 Å². The minimum absolute atomic E-state index is 0.0658. The number of piperidine rings is 1. The van der Waals surface area contributed by atoms with Gasteiger partial charge in [0.05, 0.1) is 5.92 Å². The van der Waals surface area contributed by atoms with Crippen molar-refractivity contribution < 1.29 is 23.2 Å². The normalized spacial score (nSPS) is 27.1. The van der Waals surface area contributed by atoms with Crippen molar-refractivity contribution in [1.29, 1.82) is 0 Å². The van der Waals surface area contributed by atoms with Crippen LogP contribution in [0.25, 0.3) is 12.2 Å².